The van der Waals surface area contributed by atoms with Crippen LogP contribution in [0.15, 0.2) is 60.7 Å². The summed E-state index contributed by atoms with van der Waals surface area (Å²) in [6, 6.07) is 19.6. The van der Waals surface area contributed by atoms with Crippen molar-refractivity contribution in [3.63, 3.8) is 0 Å². The molecule has 1 aliphatic heterocycles. The average Bonchev–Trinajstić information content (AvgIpc) is 3.55. The number of carbonyl (C=O) groups is 2. The highest BCUT2D eigenvalue weighted by Crippen LogP contribution is 2.48. The van der Waals surface area contributed by atoms with Crippen molar-refractivity contribution >= 4 is 11.8 Å². The molecule has 0 aromatic heterocycles. The molecule has 2 aliphatic rings. The maximum absolute atomic E-state index is 12.8. The first-order chi connectivity index (χ1) is 13.6. The number of rotatable bonds is 5. The first-order valence-electron chi connectivity index (χ1n) is 9.97. The maximum Gasteiger partial charge on any atom is 0.263 e. The van der Waals surface area contributed by atoms with Gasteiger partial charge in [0.15, 0.2) is 6.10 Å². The highest BCUT2D eigenvalue weighted by Gasteiger charge is 2.46. The molecule has 3 unspecified atom stereocenters. The second kappa shape index (κ2) is 8.05. The van der Waals surface area contributed by atoms with E-state index in [1.807, 2.05) is 53.4 Å². The fourth-order valence-electron chi connectivity index (χ4n) is 3.93. The van der Waals surface area contributed by atoms with Crippen LogP contribution in [0.25, 0.3) is 0 Å². The lowest BCUT2D eigenvalue weighted by molar-refractivity contribution is -0.144. The first-order valence-corrected chi connectivity index (χ1v) is 9.97. The van der Waals surface area contributed by atoms with Gasteiger partial charge in [0.05, 0.1) is 0 Å². The van der Waals surface area contributed by atoms with Crippen LogP contribution in [0.1, 0.15) is 24.8 Å². The third kappa shape index (κ3) is 4.03. The molecule has 2 fully saturated rings. The number of hydrogen-bond donors (Lipinski definition) is 0. The van der Waals surface area contributed by atoms with Crippen molar-refractivity contribution in [3.8, 4) is 5.75 Å². The molecule has 0 radical (unpaired) electrons. The Morgan fingerprint density at radius 1 is 0.893 bits per heavy atom. The number of carbonyl (C=O) groups excluding carboxylic acids is 2. The van der Waals surface area contributed by atoms with Crippen molar-refractivity contribution in [2.24, 2.45) is 5.92 Å². The Hall–Kier alpha value is -2.82. The lowest BCUT2D eigenvalue weighted by Crippen LogP contribution is -2.53. The number of para-hydroxylation sites is 1. The molecule has 3 atom stereocenters. The van der Waals surface area contributed by atoms with Gasteiger partial charge < -0.3 is 14.5 Å². The summed E-state index contributed by atoms with van der Waals surface area (Å²) in [6.45, 7) is 4.11. The van der Waals surface area contributed by atoms with Crippen LogP contribution in [-0.4, -0.2) is 53.9 Å². The normalized spacial score (nSPS) is 22.5. The maximum atomic E-state index is 12.8. The smallest absolute Gasteiger partial charge is 0.263 e. The summed E-state index contributed by atoms with van der Waals surface area (Å²) >= 11 is 0. The van der Waals surface area contributed by atoms with E-state index in [2.05, 4.69) is 12.1 Å². The Balaban J connectivity index is 1.26. The molecule has 2 aromatic carbocycles. The monoisotopic (exact) mass is 378 g/mol. The van der Waals surface area contributed by atoms with Crippen LogP contribution in [0, 0.1) is 5.92 Å². The van der Waals surface area contributed by atoms with E-state index in [1.54, 1.807) is 11.8 Å². The molecule has 5 heteroatoms. The summed E-state index contributed by atoms with van der Waals surface area (Å²) in [6.07, 6.45) is 0.403. The van der Waals surface area contributed by atoms with Gasteiger partial charge in [-0.15, -0.1) is 0 Å². The second-order valence-electron chi connectivity index (χ2n) is 7.58. The molecule has 1 aliphatic carbocycles. The molecule has 1 saturated carbocycles. The second-order valence-corrected chi connectivity index (χ2v) is 7.58. The molecule has 1 saturated heterocycles. The molecule has 5 nitrogen and oxygen atoms in total. The zero-order valence-electron chi connectivity index (χ0n) is 16.2. The zero-order valence-corrected chi connectivity index (χ0v) is 16.2. The molecule has 1 heterocycles. The van der Waals surface area contributed by atoms with Gasteiger partial charge >= 0.3 is 0 Å². The highest BCUT2D eigenvalue weighted by atomic mass is 16.5. The van der Waals surface area contributed by atoms with E-state index in [1.165, 1.54) is 5.56 Å². The quantitative estimate of drug-likeness (QED) is 0.804. The van der Waals surface area contributed by atoms with E-state index < -0.39 is 6.10 Å². The van der Waals surface area contributed by atoms with E-state index >= 15 is 0 Å². The Morgan fingerprint density at radius 3 is 2.11 bits per heavy atom. The van der Waals surface area contributed by atoms with Crippen molar-refractivity contribution < 1.29 is 14.3 Å². The Bertz CT molecular complexity index is 794. The van der Waals surface area contributed by atoms with E-state index in [9.17, 15) is 9.59 Å². The topological polar surface area (TPSA) is 49.9 Å². The minimum Gasteiger partial charge on any atom is -0.481 e. The number of benzene rings is 2. The first kappa shape index (κ1) is 18.5. The molecule has 0 N–H and O–H groups in total. The number of hydrogen-bond acceptors (Lipinski definition) is 3. The molecule has 0 spiro atoms. The molecule has 2 amide bonds. The molecule has 146 valence electrons. The Morgan fingerprint density at radius 2 is 1.46 bits per heavy atom. The summed E-state index contributed by atoms with van der Waals surface area (Å²) in [5.41, 5.74) is 1.25. The van der Waals surface area contributed by atoms with Gasteiger partial charge in [0, 0.05) is 32.1 Å². The standard InChI is InChI=1S/C23H26N2O3/c1-17(28-19-10-6-3-7-11-19)22(26)24-12-14-25(15-13-24)23(27)21-16-20(21)18-8-4-2-5-9-18/h2-11,17,20-21H,12-16H2,1H3. The molecule has 4 rings (SSSR count). The van der Waals surface area contributed by atoms with E-state index in [4.69, 9.17) is 4.74 Å². The van der Waals surface area contributed by atoms with Crippen LogP contribution in [0.3, 0.4) is 0 Å². The van der Waals surface area contributed by atoms with Crippen molar-refractivity contribution in [2.45, 2.75) is 25.4 Å². The van der Waals surface area contributed by atoms with Crippen LogP contribution < -0.4 is 4.74 Å². The molecular formula is C23H26N2O3. The summed E-state index contributed by atoms with van der Waals surface area (Å²) in [5.74, 6) is 1.36. The average molecular weight is 378 g/mol. The van der Waals surface area contributed by atoms with Crippen LogP contribution >= 0.6 is 0 Å². The molecule has 0 bridgehead atoms. The lowest BCUT2D eigenvalue weighted by Gasteiger charge is -2.36. The van der Waals surface area contributed by atoms with Crippen molar-refractivity contribution in [1.29, 1.82) is 0 Å². The van der Waals surface area contributed by atoms with Gasteiger partial charge in [-0.25, -0.2) is 0 Å². The van der Waals surface area contributed by atoms with Crippen LogP contribution in [0.2, 0.25) is 0 Å². The van der Waals surface area contributed by atoms with Gasteiger partial charge in [-0.2, -0.15) is 0 Å². The van der Waals surface area contributed by atoms with Gasteiger partial charge in [-0.05, 0) is 37.0 Å². The fraction of sp³-hybridized carbons (Fsp3) is 0.391. The number of amides is 2. The highest BCUT2D eigenvalue weighted by molar-refractivity contribution is 5.84. The van der Waals surface area contributed by atoms with Crippen molar-refractivity contribution in [2.75, 3.05) is 26.2 Å². The third-order valence-corrected chi connectivity index (χ3v) is 5.64. The zero-order chi connectivity index (χ0) is 19.5. The molecule has 2 aromatic rings. The predicted octanol–water partition coefficient (Wildman–Crippen LogP) is 2.93. The molecular weight excluding hydrogens is 352 g/mol. The van der Waals surface area contributed by atoms with Crippen molar-refractivity contribution in [3.05, 3.63) is 66.2 Å². The van der Waals surface area contributed by atoms with Crippen molar-refractivity contribution in [1.82, 2.24) is 9.80 Å². The summed E-state index contributed by atoms with van der Waals surface area (Å²) in [7, 11) is 0. The minimum atomic E-state index is -0.532. The summed E-state index contributed by atoms with van der Waals surface area (Å²) in [4.78, 5) is 29.2. The van der Waals surface area contributed by atoms with Crippen LogP contribution in [0.5, 0.6) is 5.75 Å². The van der Waals surface area contributed by atoms with Gasteiger partial charge in [-0.3, -0.25) is 9.59 Å². The predicted molar refractivity (Wildman–Crippen MR) is 107 cm³/mol. The van der Waals surface area contributed by atoms with Crippen LogP contribution in [0.4, 0.5) is 0 Å². The summed E-state index contributed by atoms with van der Waals surface area (Å²) < 4.78 is 5.74. The van der Waals surface area contributed by atoms with E-state index in [0.29, 0.717) is 37.8 Å². The van der Waals surface area contributed by atoms with Gasteiger partial charge in [0.1, 0.15) is 5.75 Å². The SMILES string of the molecule is CC(Oc1ccccc1)C(=O)N1CCN(C(=O)C2CC2c2ccccc2)CC1. The number of nitrogens with zero attached hydrogens (tertiary/aromatic N) is 2. The van der Waals surface area contributed by atoms with E-state index in [0.717, 1.165) is 6.42 Å². The number of piperazine rings is 1. The fourth-order valence-corrected chi connectivity index (χ4v) is 3.93. The van der Waals surface area contributed by atoms with Gasteiger partial charge in [0.2, 0.25) is 5.91 Å². The largest absolute Gasteiger partial charge is 0.481 e. The Kier molecular flexibility index (Phi) is 5.33. The van der Waals surface area contributed by atoms with Gasteiger partial charge in [0.25, 0.3) is 5.91 Å². The van der Waals surface area contributed by atoms with Crippen LogP contribution in [-0.2, 0) is 9.59 Å². The Labute approximate surface area is 165 Å². The van der Waals surface area contributed by atoms with E-state index in [-0.39, 0.29) is 17.7 Å². The summed E-state index contributed by atoms with van der Waals surface area (Å²) in [5, 5.41) is 0. The molecule has 28 heavy (non-hydrogen) atoms. The third-order valence-electron chi connectivity index (χ3n) is 5.64. The minimum absolute atomic E-state index is 0.0236. The lowest BCUT2D eigenvalue weighted by atomic mass is 10.1. The number of ether oxygens (including phenoxy) is 1. The van der Waals surface area contributed by atoms with Gasteiger partial charge in [-0.1, -0.05) is 48.5 Å².